The highest BCUT2D eigenvalue weighted by Gasteiger charge is 2.28. The van der Waals surface area contributed by atoms with Gasteiger partial charge in [-0.2, -0.15) is 0 Å². The van der Waals surface area contributed by atoms with Crippen molar-refractivity contribution in [1.29, 1.82) is 0 Å². The molecule has 7 heteroatoms. The average Bonchev–Trinajstić information content (AvgIpc) is 2.79. The van der Waals surface area contributed by atoms with E-state index in [1.807, 2.05) is 30.3 Å². The fourth-order valence-corrected chi connectivity index (χ4v) is 3.78. The van der Waals surface area contributed by atoms with Gasteiger partial charge in [-0.1, -0.05) is 41.9 Å². The van der Waals surface area contributed by atoms with Crippen LogP contribution in [0, 0.1) is 0 Å². The maximum Gasteiger partial charge on any atom is 0.339 e. The number of halogens is 1. The number of nitrogens with one attached hydrogen (secondary N) is 1. The third kappa shape index (κ3) is 4.20. The second kappa shape index (κ2) is 8.70. The SMILES string of the molecule is COc1cc(OC)c(NC(=O)c2ccc3c(c2)C[C@H](c2ccccc2)OC3=O)cc1Cl. The topological polar surface area (TPSA) is 73.9 Å². The lowest BCUT2D eigenvalue weighted by Crippen LogP contribution is -2.23. The molecule has 1 aliphatic rings. The van der Waals surface area contributed by atoms with Crippen molar-refractivity contribution in [2.45, 2.75) is 12.5 Å². The number of carbonyl (C=O) groups is 2. The van der Waals surface area contributed by atoms with Crippen molar-refractivity contribution in [3.63, 3.8) is 0 Å². The number of carbonyl (C=O) groups excluding carboxylic acids is 2. The Labute approximate surface area is 184 Å². The summed E-state index contributed by atoms with van der Waals surface area (Å²) in [6.45, 7) is 0. The van der Waals surface area contributed by atoms with Crippen molar-refractivity contribution in [3.05, 3.63) is 87.9 Å². The molecule has 0 fully saturated rings. The van der Waals surface area contributed by atoms with E-state index in [0.29, 0.717) is 39.8 Å². The highest BCUT2D eigenvalue weighted by molar-refractivity contribution is 6.32. The molecule has 0 bridgehead atoms. The molecule has 1 atom stereocenters. The fourth-order valence-electron chi connectivity index (χ4n) is 3.54. The zero-order chi connectivity index (χ0) is 22.0. The molecule has 3 aromatic rings. The van der Waals surface area contributed by atoms with Gasteiger partial charge in [-0.3, -0.25) is 4.79 Å². The minimum Gasteiger partial charge on any atom is -0.495 e. The van der Waals surface area contributed by atoms with Gasteiger partial charge < -0.3 is 19.5 Å². The Bertz CT molecular complexity index is 1150. The van der Waals surface area contributed by atoms with Gasteiger partial charge in [0.2, 0.25) is 0 Å². The molecule has 0 aliphatic carbocycles. The first-order valence-corrected chi connectivity index (χ1v) is 9.99. The van der Waals surface area contributed by atoms with E-state index >= 15 is 0 Å². The van der Waals surface area contributed by atoms with Gasteiger partial charge in [0.05, 0.1) is 30.5 Å². The normalized spacial score (nSPS) is 14.9. The van der Waals surface area contributed by atoms with E-state index in [4.69, 9.17) is 25.8 Å². The molecule has 4 rings (SSSR count). The Hall–Kier alpha value is -3.51. The molecule has 3 aromatic carbocycles. The monoisotopic (exact) mass is 437 g/mol. The van der Waals surface area contributed by atoms with Crippen LogP contribution in [0.15, 0.2) is 60.7 Å². The number of methoxy groups -OCH3 is 2. The molecule has 0 aromatic heterocycles. The molecule has 31 heavy (non-hydrogen) atoms. The minimum atomic E-state index is -0.398. The average molecular weight is 438 g/mol. The van der Waals surface area contributed by atoms with Crippen LogP contribution in [0.5, 0.6) is 11.5 Å². The molecule has 1 aliphatic heterocycles. The molecule has 1 amide bonds. The summed E-state index contributed by atoms with van der Waals surface area (Å²) in [7, 11) is 2.99. The van der Waals surface area contributed by atoms with Crippen LogP contribution >= 0.6 is 11.6 Å². The van der Waals surface area contributed by atoms with Crippen LogP contribution < -0.4 is 14.8 Å². The van der Waals surface area contributed by atoms with Gasteiger partial charge in [0.1, 0.15) is 17.6 Å². The first kappa shape index (κ1) is 20.8. The number of ether oxygens (including phenoxy) is 3. The first-order chi connectivity index (χ1) is 15.0. The van der Waals surface area contributed by atoms with Crippen LogP contribution in [-0.2, 0) is 11.2 Å². The molecule has 0 radical (unpaired) electrons. The van der Waals surface area contributed by atoms with Gasteiger partial charge >= 0.3 is 5.97 Å². The van der Waals surface area contributed by atoms with Crippen LogP contribution in [0.4, 0.5) is 5.69 Å². The summed E-state index contributed by atoms with van der Waals surface area (Å²) in [5.74, 6) is 0.110. The number of benzene rings is 3. The smallest absolute Gasteiger partial charge is 0.339 e. The summed E-state index contributed by atoms with van der Waals surface area (Å²) in [6.07, 6.45) is 0.101. The number of amides is 1. The van der Waals surface area contributed by atoms with Crippen molar-refractivity contribution < 1.29 is 23.8 Å². The molecule has 1 heterocycles. The van der Waals surface area contributed by atoms with Crippen molar-refractivity contribution in [3.8, 4) is 11.5 Å². The second-order valence-electron chi connectivity index (χ2n) is 7.02. The molecular weight excluding hydrogens is 418 g/mol. The predicted octanol–water partition coefficient (Wildman–Crippen LogP) is 5.06. The van der Waals surface area contributed by atoms with E-state index in [0.717, 1.165) is 11.1 Å². The molecule has 1 N–H and O–H groups in total. The zero-order valence-electron chi connectivity index (χ0n) is 17.0. The van der Waals surface area contributed by atoms with E-state index in [-0.39, 0.29) is 12.0 Å². The van der Waals surface area contributed by atoms with E-state index < -0.39 is 5.97 Å². The maximum atomic E-state index is 12.9. The van der Waals surface area contributed by atoms with Crippen LogP contribution in [0.2, 0.25) is 5.02 Å². The van der Waals surface area contributed by atoms with Crippen LogP contribution in [0.1, 0.15) is 37.9 Å². The van der Waals surface area contributed by atoms with Crippen LogP contribution in [0.25, 0.3) is 0 Å². The molecule has 0 unspecified atom stereocenters. The zero-order valence-corrected chi connectivity index (χ0v) is 17.7. The quantitative estimate of drug-likeness (QED) is 0.564. The van der Waals surface area contributed by atoms with Crippen molar-refractivity contribution in [1.82, 2.24) is 0 Å². The Kier molecular flexibility index (Phi) is 5.82. The third-order valence-electron chi connectivity index (χ3n) is 5.14. The molecule has 0 saturated carbocycles. The Morgan fingerprint density at radius 3 is 2.48 bits per heavy atom. The number of anilines is 1. The van der Waals surface area contributed by atoms with E-state index in [9.17, 15) is 9.59 Å². The maximum absolute atomic E-state index is 12.9. The van der Waals surface area contributed by atoms with Gasteiger partial charge in [-0.25, -0.2) is 4.79 Å². The highest BCUT2D eigenvalue weighted by atomic mass is 35.5. The lowest BCUT2D eigenvalue weighted by Gasteiger charge is -2.25. The highest BCUT2D eigenvalue weighted by Crippen LogP contribution is 2.36. The van der Waals surface area contributed by atoms with E-state index in [1.165, 1.54) is 14.2 Å². The summed E-state index contributed by atoms with van der Waals surface area (Å²) in [5, 5.41) is 3.16. The summed E-state index contributed by atoms with van der Waals surface area (Å²) in [5.41, 5.74) is 2.96. The van der Waals surface area contributed by atoms with Gasteiger partial charge in [-0.15, -0.1) is 0 Å². The lowest BCUT2D eigenvalue weighted by atomic mass is 9.93. The predicted molar refractivity (Wildman–Crippen MR) is 117 cm³/mol. The van der Waals surface area contributed by atoms with E-state index in [2.05, 4.69) is 5.32 Å². The summed E-state index contributed by atoms with van der Waals surface area (Å²) in [6, 6.07) is 17.6. The third-order valence-corrected chi connectivity index (χ3v) is 5.43. The molecule has 158 valence electrons. The molecule has 0 spiro atoms. The van der Waals surface area contributed by atoms with Crippen LogP contribution in [0.3, 0.4) is 0 Å². The lowest BCUT2D eigenvalue weighted by molar-refractivity contribution is 0.0252. The Morgan fingerprint density at radius 2 is 1.77 bits per heavy atom. The van der Waals surface area contributed by atoms with Crippen molar-refractivity contribution in [2.24, 2.45) is 0 Å². The molecule has 6 nitrogen and oxygen atoms in total. The summed E-state index contributed by atoms with van der Waals surface area (Å²) < 4.78 is 16.1. The van der Waals surface area contributed by atoms with Gasteiger partial charge in [0.15, 0.2) is 0 Å². The van der Waals surface area contributed by atoms with Crippen molar-refractivity contribution in [2.75, 3.05) is 19.5 Å². The number of hydrogen-bond acceptors (Lipinski definition) is 5. The Morgan fingerprint density at radius 1 is 1.03 bits per heavy atom. The molecular formula is C24H20ClNO5. The van der Waals surface area contributed by atoms with Crippen LogP contribution in [-0.4, -0.2) is 26.1 Å². The van der Waals surface area contributed by atoms with Gasteiger partial charge in [-0.05, 0) is 35.4 Å². The second-order valence-corrected chi connectivity index (χ2v) is 7.43. The minimum absolute atomic E-state index is 0.345. The van der Waals surface area contributed by atoms with Gasteiger partial charge in [0.25, 0.3) is 5.91 Å². The summed E-state index contributed by atoms with van der Waals surface area (Å²) in [4.78, 5) is 25.4. The first-order valence-electron chi connectivity index (χ1n) is 9.62. The fraction of sp³-hybridized carbons (Fsp3) is 0.167. The van der Waals surface area contributed by atoms with Gasteiger partial charge in [0, 0.05) is 18.1 Å². The number of hydrogen-bond donors (Lipinski definition) is 1. The number of rotatable bonds is 5. The summed E-state index contributed by atoms with van der Waals surface area (Å²) >= 11 is 6.19. The standard InChI is InChI=1S/C24H20ClNO5/c1-29-21-13-22(30-2)19(12-18(21)25)26-23(27)15-8-9-17-16(10-15)11-20(31-24(17)28)14-6-4-3-5-7-14/h3-10,12-13,20H,11H2,1-2H3,(H,26,27)/t20-/m1/s1. The number of cyclic esters (lactones) is 1. The van der Waals surface area contributed by atoms with E-state index in [1.54, 1.807) is 30.3 Å². The number of fused-ring (bicyclic) bond motifs is 1. The molecule has 0 saturated heterocycles. The number of esters is 1. The van der Waals surface area contributed by atoms with Crippen molar-refractivity contribution >= 4 is 29.2 Å². The Balaban J connectivity index is 1.60. The largest absolute Gasteiger partial charge is 0.495 e.